The molecule has 0 atom stereocenters. The molecule has 25 heavy (non-hydrogen) atoms. The second-order valence-corrected chi connectivity index (χ2v) is 6.57. The quantitative estimate of drug-likeness (QED) is 0.295. The first-order valence-electron chi connectivity index (χ1n) is 9.75. The highest BCUT2D eigenvalue weighted by molar-refractivity contribution is 5.56. The first kappa shape index (κ1) is 21.1. The van der Waals surface area contributed by atoms with Crippen molar-refractivity contribution in [3.63, 3.8) is 0 Å². The maximum Gasteiger partial charge on any atom is 0.119 e. The lowest BCUT2D eigenvalue weighted by molar-refractivity contribution is 0.450. The monoisotopic (exact) mass is 342 g/mol. The van der Waals surface area contributed by atoms with Crippen LogP contribution >= 0.6 is 0 Å². The van der Waals surface area contributed by atoms with E-state index in [4.69, 9.17) is 0 Å². The van der Waals surface area contributed by atoms with Gasteiger partial charge < -0.3 is 10.2 Å². The molecule has 0 aliphatic heterocycles. The lowest BCUT2D eigenvalue weighted by Gasteiger charge is -2.00. The Bertz CT molecular complexity index is 521. The Morgan fingerprint density at radius 1 is 0.680 bits per heavy atom. The van der Waals surface area contributed by atoms with Crippen molar-refractivity contribution in [1.82, 2.24) is 0 Å². The van der Waals surface area contributed by atoms with E-state index in [0.29, 0.717) is 0 Å². The van der Waals surface area contributed by atoms with Gasteiger partial charge in [-0.1, -0.05) is 94.7 Å². The van der Waals surface area contributed by atoms with Gasteiger partial charge in [-0.3, -0.25) is 0 Å². The SMILES string of the molecule is CCCCCCCCCCC/C=C/C=C/C=C/c1cc(O)cc(O)c1. The molecule has 1 aromatic carbocycles. The van der Waals surface area contributed by atoms with Gasteiger partial charge in [0, 0.05) is 6.07 Å². The summed E-state index contributed by atoms with van der Waals surface area (Å²) in [6.07, 6.45) is 25.5. The smallest absolute Gasteiger partial charge is 0.119 e. The van der Waals surface area contributed by atoms with E-state index in [-0.39, 0.29) is 11.5 Å². The summed E-state index contributed by atoms with van der Waals surface area (Å²) in [5.41, 5.74) is 0.779. The average molecular weight is 343 g/mol. The molecule has 0 unspecified atom stereocenters. The van der Waals surface area contributed by atoms with Crippen LogP contribution in [0.15, 0.2) is 48.6 Å². The normalized spacial score (nSPS) is 12.0. The molecule has 2 N–H and O–H groups in total. The Morgan fingerprint density at radius 2 is 1.24 bits per heavy atom. The molecule has 0 saturated carbocycles. The number of hydrogen-bond acceptors (Lipinski definition) is 2. The highest BCUT2D eigenvalue weighted by Crippen LogP contribution is 2.21. The van der Waals surface area contributed by atoms with E-state index in [1.165, 1.54) is 63.9 Å². The number of rotatable bonds is 13. The number of phenolic OH excluding ortho intramolecular Hbond substituents is 2. The fraction of sp³-hybridized carbons (Fsp3) is 0.478. The van der Waals surface area contributed by atoms with Crippen LogP contribution in [0.2, 0.25) is 0 Å². The van der Waals surface area contributed by atoms with Crippen LogP contribution in [0.3, 0.4) is 0 Å². The minimum absolute atomic E-state index is 0.0736. The van der Waals surface area contributed by atoms with E-state index < -0.39 is 0 Å². The molecule has 0 spiro atoms. The predicted octanol–water partition coefficient (Wildman–Crippen LogP) is 7.14. The molecule has 0 fully saturated rings. The number of allylic oxidation sites excluding steroid dienone is 5. The number of benzene rings is 1. The van der Waals surface area contributed by atoms with Gasteiger partial charge in [0.05, 0.1) is 0 Å². The van der Waals surface area contributed by atoms with Crippen molar-refractivity contribution in [2.75, 3.05) is 0 Å². The average Bonchev–Trinajstić information content (AvgIpc) is 2.57. The molecule has 2 nitrogen and oxygen atoms in total. The van der Waals surface area contributed by atoms with Crippen molar-refractivity contribution in [3.8, 4) is 11.5 Å². The molecule has 138 valence electrons. The zero-order chi connectivity index (χ0) is 18.2. The van der Waals surface area contributed by atoms with Gasteiger partial charge in [-0.15, -0.1) is 0 Å². The number of unbranched alkanes of at least 4 members (excludes halogenated alkanes) is 9. The van der Waals surface area contributed by atoms with Gasteiger partial charge in [-0.2, -0.15) is 0 Å². The maximum absolute atomic E-state index is 9.40. The van der Waals surface area contributed by atoms with Gasteiger partial charge in [-0.25, -0.2) is 0 Å². The third-order valence-electron chi connectivity index (χ3n) is 4.16. The zero-order valence-corrected chi connectivity index (χ0v) is 15.7. The number of aromatic hydroxyl groups is 2. The summed E-state index contributed by atoms with van der Waals surface area (Å²) in [7, 11) is 0. The zero-order valence-electron chi connectivity index (χ0n) is 15.7. The maximum atomic E-state index is 9.40. The highest BCUT2D eigenvalue weighted by Gasteiger charge is 1.94. The molecule has 2 heteroatoms. The van der Waals surface area contributed by atoms with E-state index >= 15 is 0 Å². The van der Waals surface area contributed by atoms with Crippen molar-refractivity contribution in [3.05, 3.63) is 54.1 Å². The molecular weight excluding hydrogens is 308 g/mol. The van der Waals surface area contributed by atoms with Gasteiger partial charge in [-0.05, 0) is 30.5 Å². The summed E-state index contributed by atoms with van der Waals surface area (Å²) in [5, 5.41) is 18.8. The Morgan fingerprint density at radius 3 is 1.88 bits per heavy atom. The first-order chi connectivity index (χ1) is 12.2. The Kier molecular flexibility index (Phi) is 12.1. The van der Waals surface area contributed by atoms with Crippen LogP contribution in [-0.4, -0.2) is 10.2 Å². The van der Waals surface area contributed by atoms with Crippen molar-refractivity contribution >= 4 is 6.08 Å². The van der Waals surface area contributed by atoms with Crippen LogP contribution in [0.5, 0.6) is 11.5 Å². The summed E-state index contributed by atoms with van der Waals surface area (Å²) in [6, 6.07) is 4.55. The lowest BCUT2D eigenvalue weighted by Crippen LogP contribution is -1.80. The molecule has 0 aliphatic carbocycles. The van der Waals surface area contributed by atoms with E-state index in [1.807, 2.05) is 24.3 Å². The van der Waals surface area contributed by atoms with E-state index in [1.54, 1.807) is 12.1 Å². The standard InChI is InChI=1S/C23H34O2/c1-2-3-4-5-6-7-8-9-10-11-12-13-14-15-16-17-21-18-22(24)20-23(25)19-21/h12-20,24-25H,2-11H2,1H3/b13-12+,15-14+,17-16+. The third-order valence-corrected chi connectivity index (χ3v) is 4.16. The summed E-state index contributed by atoms with van der Waals surface area (Å²) in [4.78, 5) is 0. The van der Waals surface area contributed by atoms with Crippen LogP contribution in [0, 0.1) is 0 Å². The Labute approximate surface area is 153 Å². The van der Waals surface area contributed by atoms with Crippen molar-refractivity contribution < 1.29 is 10.2 Å². The van der Waals surface area contributed by atoms with Crippen LogP contribution in [0.4, 0.5) is 0 Å². The van der Waals surface area contributed by atoms with Crippen LogP contribution in [-0.2, 0) is 0 Å². The molecule has 0 amide bonds. The van der Waals surface area contributed by atoms with Crippen molar-refractivity contribution in [1.29, 1.82) is 0 Å². The van der Waals surface area contributed by atoms with Gasteiger partial charge in [0.2, 0.25) is 0 Å². The minimum atomic E-state index is 0.0736. The fourth-order valence-electron chi connectivity index (χ4n) is 2.76. The molecule has 0 aliphatic rings. The summed E-state index contributed by atoms with van der Waals surface area (Å²) >= 11 is 0. The van der Waals surface area contributed by atoms with E-state index in [9.17, 15) is 10.2 Å². The van der Waals surface area contributed by atoms with E-state index in [0.717, 1.165) is 12.0 Å². The van der Waals surface area contributed by atoms with Crippen molar-refractivity contribution in [2.24, 2.45) is 0 Å². The molecule has 1 rings (SSSR count). The third kappa shape index (κ3) is 12.1. The summed E-state index contributed by atoms with van der Waals surface area (Å²) in [6.45, 7) is 2.26. The number of hydrogen-bond donors (Lipinski definition) is 2. The van der Waals surface area contributed by atoms with Crippen molar-refractivity contribution in [2.45, 2.75) is 71.1 Å². The molecule has 0 heterocycles. The van der Waals surface area contributed by atoms with Gasteiger partial charge in [0.1, 0.15) is 11.5 Å². The predicted molar refractivity (Wildman–Crippen MR) is 109 cm³/mol. The molecule has 1 aromatic rings. The van der Waals surface area contributed by atoms with Gasteiger partial charge in [0.25, 0.3) is 0 Å². The largest absolute Gasteiger partial charge is 0.508 e. The Hall–Kier alpha value is -1.96. The lowest BCUT2D eigenvalue weighted by atomic mass is 10.1. The molecule has 0 bridgehead atoms. The molecule has 0 radical (unpaired) electrons. The van der Waals surface area contributed by atoms with Crippen LogP contribution in [0.25, 0.3) is 6.08 Å². The highest BCUT2D eigenvalue weighted by atomic mass is 16.3. The van der Waals surface area contributed by atoms with Gasteiger partial charge >= 0.3 is 0 Å². The molecular formula is C23H34O2. The van der Waals surface area contributed by atoms with Crippen LogP contribution < -0.4 is 0 Å². The second kappa shape index (κ2) is 14.4. The summed E-state index contributed by atoms with van der Waals surface area (Å²) in [5.74, 6) is 0.147. The first-order valence-corrected chi connectivity index (χ1v) is 9.75. The molecule has 0 saturated heterocycles. The second-order valence-electron chi connectivity index (χ2n) is 6.57. The minimum Gasteiger partial charge on any atom is -0.508 e. The van der Waals surface area contributed by atoms with Gasteiger partial charge in [0.15, 0.2) is 0 Å². The molecule has 0 aromatic heterocycles. The number of phenols is 2. The van der Waals surface area contributed by atoms with Crippen LogP contribution in [0.1, 0.15) is 76.7 Å². The van der Waals surface area contributed by atoms with E-state index in [2.05, 4.69) is 19.1 Å². The Balaban J connectivity index is 2.03. The topological polar surface area (TPSA) is 40.5 Å². The summed E-state index contributed by atoms with van der Waals surface area (Å²) < 4.78 is 0. The fourth-order valence-corrected chi connectivity index (χ4v) is 2.76.